The van der Waals surface area contributed by atoms with Crippen LogP contribution < -0.4 is 4.31 Å². The van der Waals surface area contributed by atoms with Gasteiger partial charge in [-0.2, -0.15) is 5.10 Å². The number of sulfonamides is 1. The lowest BCUT2D eigenvalue weighted by atomic mass is 10.2. The molecule has 4 aromatic rings. The third-order valence-corrected chi connectivity index (χ3v) is 6.98. The smallest absolute Gasteiger partial charge is 0.268 e. The highest BCUT2D eigenvalue weighted by Crippen LogP contribution is 2.33. The average molecular weight is 410 g/mol. The maximum atomic E-state index is 13.7. The number of hydrogen-bond acceptors (Lipinski definition) is 4. The summed E-state index contributed by atoms with van der Waals surface area (Å²) >= 11 is 1.47. The molecule has 0 bridgehead atoms. The fourth-order valence-corrected chi connectivity index (χ4v) is 5.44. The molecule has 0 aliphatic heterocycles. The number of aromatic nitrogens is 2. The van der Waals surface area contributed by atoms with Crippen LogP contribution in [0.15, 0.2) is 89.3 Å². The van der Waals surface area contributed by atoms with Gasteiger partial charge in [0, 0.05) is 13.2 Å². The Kier molecular flexibility index (Phi) is 5.02. The third kappa shape index (κ3) is 3.58. The van der Waals surface area contributed by atoms with Gasteiger partial charge >= 0.3 is 0 Å². The lowest BCUT2D eigenvalue weighted by Gasteiger charge is -2.24. The fraction of sp³-hybridized carbons (Fsp3) is 0.0952. The summed E-state index contributed by atoms with van der Waals surface area (Å²) in [5.74, 6) is 0. The van der Waals surface area contributed by atoms with Gasteiger partial charge < -0.3 is 0 Å². The molecule has 0 unspecified atom stereocenters. The van der Waals surface area contributed by atoms with Gasteiger partial charge in [-0.15, -0.1) is 11.3 Å². The largest absolute Gasteiger partial charge is 0.274 e. The van der Waals surface area contributed by atoms with Crippen molar-refractivity contribution in [3.63, 3.8) is 0 Å². The molecule has 142 valence electrons. The van der Waals surface area contributed by atoms with Crippen molar-refractivity contribution in [3.8, 4) is 10.6 Å². The van der Waals surface area contributed by atoms with Gasteiger partial charge in [0.1, 0.15) is 10.6 Å². The topological polar surface area (TPSA) is 55.2 Å². The van der Waals surface area contributed by atoms with Crippen LogP contribution in [0.5, 0.6) is 0 Å². The van der Waals surface area contributed by atoms with Crippen LogP contribution in [0.1, 0.15) is 5.56 Å². The summed E-state index contributed by atoms with van der Waals surface area (Å²) in [4.78, 5) is 1.03. The van der Waals surface area contributed by atoms with Crippen LogP contribution in [0.25, 0.3) is 10.6 Å². The maximum absolute atomic E-state index is 13.7. The molecule has 0 atom stereocenters. The summed E-state index contributed by atoms with van der Waals surface area (Å²) in [7, 11) is -2.10. The van der Waals surface area contributed by atoms with Crippen molar-refractivity contribution in [2.45, 2.75) is 11.4 Å². The van der Waals surface area contributed by atoms with E-state index in [9.17, 15) is 8.42 Å². The molecule has 0 spiro atoms. The van der Waals surface area contributed by atoms with Crippen LogP contribution in [-0.4, -0.2) is 18.2 Å². The molecular formula is C21H19N3O2S2. The number of nitrogens with zero attached hydrogens (tertiary/aromatic N) is 3. The van der Waals surface area contributed by atoms with Crippen LogP contribution in [0.2, 0.25) is 0 Å². The first-order chi connectivity index (χ1) is 13.6. The predicted molar refractivity (Wildman–Crippen MR) is 113 cm³/mol. The van der Waals surface area contributed by atoms with E-state index in [2.05, 4.69) is 5.10 Å². The summed E-state index contributed by atoms with van der Waals surface area (Å²) in [6.07, 6.45) is 1.57. The number of benzene rings is 2. The van der Waals surface area contributed by atoms with Crippen LogP contribution in [0, 0.1) is 0 Å². The quantitative estimate of drug-likeness (QED) is 0.470. The van der Waals surface area contributed by atoms with Gasteiger partial charge in [-0.3, -0.25) is 8.99 Å². The molecular weight excluding hydrogens is 390 g/mol. The normalized spacial score (nSPS) is 11.5. The second kappa shape index (κ2) is 7.61. The van der Waals surface area contributed by atoms with E-state index in [1.165, 1.54) is 15.6 Å². The molecule has 4 rings (SSSR count). The van der Waals surface area contributed by atoms with Crippen molar-refractivity contribution in [2.75, 3.05) is 4.31 Å². The predicted octanol–water partition coefficient (Wildman–Crippen LogP) is 4.54. The first-order valence-electron chi connectivity index (χ1n) is 8.75. The van der Waals surface area contributed by atoms with Crippen LogP contribution in [-0.2, 0) is 23.6 Å². The Labute approximate surface area is 168 Å². The maximum Gasteiger partial charge on any atom is 0.268 e. The summed E-state index contributed by atoms with van der Waals surface area (Å²) in [5, 5.41) is 6.34. The van der Waals surface area contributed by atoms with Crippen LogP contribution in [0.4, 0.5) is 5.69 Å². The molecule has 0 aliphatic carbocycles. The Hall–Kier alpha value is -2.90. The first kappa shape index (κ1) is 18.5. The summed E-state index contributed by atoms with van der Waals surface area (Å²) < 4.78 is 30.5. The van der Waals surface area contributed by atoms with Crippen molar-refractivity contribution < 1.29 is 8.42 Å². The molecule has 0 N–H and O–H groups in total. The second-order valence-corrected chi connectivity index (χ2v) is 9.10. The zero-order valence-electron chi connectivity index (χ0n) is 15.3. The third-order valence-electron chi connectivity index (χ3n) is 4.33. The van der Waals surface area contributed by atoms with Crippen LogP contribution >= 0.6 is 11.3 Å². The monoisotopic (exact) mass is 409 g/mol. The SMILES string of the molecule is Cn1cc(S(=O)(=O)N(Cc2ccccc2)c2ccccc2)c(-c2cccs2)n1. The van der Waals surface area contributed by atoms with Gasteiger partial charge in [0.15, 0.2) is 0 Å². The van der Waals surface area contributed by atoms with Gasteiger partial charge in [0.05, 0.1) is 17.1 Å². The highest BCUT2D eigenvalue weighted by atomic mass is 32.2. The van der Waals surface area contributed by atoms with Crippen molar-refractivity contribution in [3.05, 3.63) is 89.9 Å². The fourth-order valence-electron chi connectivity index (χ4n) is 3.02. The Bertz CT molecular complexity index is 1150. The molecule has 5 nitrogen and oxygen atoms in total. The lowest BCUT2D eigenvalue weighted by Crippen LogP contribution is -2.30. The molecule has 0 fully saturated rings. The lowest BCUT2D eigenvalue weighted by molar-refractivity contribution is 0.590. The molecule has 2 aromatic heterocycles. The average Bonchev–Trinajstić information content (AvgIpc) is 3.37. The van der Waals surface area contributed by atoms with Gasteiger partial charge in [-0.1, -0.05) is 54.6 Å². The van der Waals surface area contributed by atoms with E-state index in [4.69, 9.17) is 0 Å². The molecule has 0 radical (unpaired) electrons. The Morgan fingerprint density at radius 1 is 0.964 bits per heavy atom. The molecule has 0 saturated carbocycles. The molecule has 7 heteroatoms. The molecule has 0 saturated heterocycles. The minimum atomic E-state index is -3.83. The number of thiophene rings is 1. The second-order valence-electron chi connectivity index (χ2n) is 6.33. The van der Waals surface area contributed by atoms with E-state index in [0.717, 1.165) is 10.4 Å². The minimum Gasteiger partial charge on any atom is -0.274 e. The molecule has 2 aromatic carbocycles. The van der Waals surface area contributed by atoms with E-state index >= 15 is 0 Å². The Morgan fingerprint density at radius 2 is 1.64 bits per heavy atom. The summed E-state index contributed by atoms with van der Waals surface area (Å²) in [6.45, 7) is 0.242. The number of aryl methyl sites for hydroxylation is 1. The standard InChI is InChI=1S/C21H19N3O2S2/c1-23-16-20(21(22-23)19-13-8-14-27-19)28(25,26)24(18-11-6-3-7-12-18)15-17-9-4-2-5-10-17/h2-14,16H,15H2,1H3. The Balaban J connectivity index is 1.84. The van der Waals surface area contributed by atoms with E-state index in [0.29, 0.717) is 11.4 Å². The van der Waals surface area contributed by atoms with E-state index < -0.39 is 10.0 Å². The number of rotatable bonds is 6. The van der Waals surface area contributed by atoms with Crippen molar-refractivity contribution >= 4 is 27.0 Å². The summed E-state index contributed by atoms with van der Waals surface area (Å²) in [6, 6.07) is 22.5. The summed E-state index contributed by atoms with van der Waals surface area (Å²) in [5.41, 5.74) is 2.01. The number of anilines is 1. The first-order valence-corrected chi connectivity index (χ1v) is 11.1. The highest BCUT2D eigenvalue weighted by molar-refractivity contribution is 7.93. The minimum absolute atomic E-state index is 0.206. The van der Waals surface area contributed by atoms with E-state index in [1.807, 2.05) is 78.2 Å². The van der Waals surface area contributed by atoms with Gasteiger partial charge in [0.25, 0.3) is 10.0 Å². The molecule has 28 heavy (non-hydrogen) atoms. The Morgan fingerprint density at radius 3 is 2.29 bits per heavy atom. The van der Waals surface area contributed by atoms with Crippen LogP contribution in [0.3, 0.4) is 0 Å². The molecule has 2 heterocycles. The zero-order chi connectivity index (χ0) is 19.6. The van der Waals surface area contributed by atoms with Crippen molar-refractivity contribution in [1.29, 1.82) is 0 Å². The van der Waals surface area contributed by atoms with Crippen molar-refractivity contribution in [1.82, 2.24) is 9.78 Å². The van der Waals surface area contributed by atoms with Gasteiger partial charge in [-0.05, 0) is 29.1 Å². The van der Waals surface area contributed by atoms with Crippen molar-refractivity contribution in [2.24, 2.45) is 7.05 Å². The van der Waals surface area contributed by atoms with Gasteiger partial charge in [0.2, 0.25) is 0 Å². The highest BCUT2D eigenvalue weighted by Gasteiger charge is 2.30. The van der Waals surface area contributed by atoms with Gasteiger partial charge in [-0.25, -0.2) is 8.42 Å². The van der Waals surface area contributed by atoms with E-state index in [1.54, 1.807) is 17.9 Å². The number of para-hydroxylation sites is 1. The number of hydrogen-bond donors (Lipinski definition) is 0. The zero-order valence-corrected chi connectivity index (χ0v) is 16.9. The van der Waals surface area contributed by atoms with E-state index in [-0.39, 0.29) is 11.4 Å². The molecule has 0 aliphatic rings. The molecule has 0 amide bonds.